The van der Waals surface area contributed by atoms with Gasteiger partial charge in [-0.3, -0.25) is 0 Å². The van der Waals surface area contributed by atoms with Gasteiger partial charge in [0.15, 0.2) is 4.34 Å². The van der Waals surface area contributed by atoms with E-state index in [0.717, 1.165) is 21.3 Å². The smallest absolute Gasteiger partial charge is 0.178 e. The van der Waals surface area contributed by atoms with Crippen molar-refractivity contribution in [2.75, 3.05) is 0 Å². The first-order chi connectivity index (χ1) is 8.79. The minimum Gasteiger partial charge on any atom is -0.310 e. The summed E-state index contributed by atoms with van der Waals surface area (Å²) in [4.78, 5) is 0.874. The average Bonchev–Trinajstić information content (AvgIpc) is 3.04. The van der Waals surface area contributed by atoms with Crippen LogP contribution < -0.4 is 5.32 Å². The molecule has 0 unspecified atom stereocenters. The molecule has 94 valence electrons. The van der Waals surface area contributed by atoms with Gasteiger partial charge in [-0.05, 0) is 36.6 Å². The predicted octanol–water partition coefficient (Wildman–Crippen LogP) is 3.08. The molecule has 0 radical (unpaired) electrons. The van der Waals surface area contributed by atoms with Gasteiger partial charge < -0.3 is 5.32 Å². The number of hydrogen-bond donors (Lipinski definition) is 1. The van der Waals surface area contributed by atoms with Crippen LogP contribution in [0.1, 0.15) is 18.4 Å². The van der Waals surface area contributed by atoms with Crippen LogP contribution in [0.5, 0.6) is 0 Å². The number of nitrogens with one attached hydrogen (secondary N) is 1. The lowest BCUT2D eigenvalue weighted by Gasteiger charge is -2.05. The highest BCUT2D eigenvalue weighted by molar-refractivity contribution is 8.01. The average molecular weight is 281 g/mol. The van der Waals surface area contributed by atoms with E-state index in [1.165, 1.54) is 42.0 Å². The Bertz CT molecular complexity index is 526. The largest absolute Gasteiger partial charge is 0.310 e. The van der Waals surface area contributed by atoms with Crippen molar-refractivity contribution in [3.05, 3.63) is 35.1 Å². The number of benzene rings is 1. The summed E-state index contributed by atoms with van der Waals surface area (Å²) >= 11 is 2.91. The lowest BCUT2D eigenvalue weighted by atomic mass is 10.2. The standard InChI is InChI=1S/C12H12FN3S2/c13-9-3-8(6-14-10-1-2-10)4-11(5-9)18-12-16-15-7-17-12/h3-5,7,10,14H,1-2,6H2. The number of hydrogen-bond acceptors (Lipinski definition) is 5. The number of rotatable bonds is 5. The van der Waals surface area contributed by atoms with E-state index in [0.29, 0.717) is 6.04 Å². The van der Waals surface area contributed by atoms with E-state index in [9.17, 15) is 4.39 Å². The summed E-state index contributed by atoms with van der Waals surface area (Å²) in [6, 6.07) is 5.75. The van der Waals surface area contributed by atoms with E-state index >= 15 is 0 Å². The van der Waals surface area contributed by atoms with Crippen molar-refractivity contribution in [2.24, 2.45) is 0 Å². The van der Waals surface area contributed by atoms with Gasteiger partial charge in [0.25, 0.3) is 0 Å². The summed E-state index contributed by atoms with van der Waals surface area (Å²) in [6.45, 7) is 0.728. The Morgan fingerprint density at radius 1 is 1.39 bits per heavy atom. The van der Waals surface area contributed by atoms with E-state index in [-0.39, 0.29) is 5.82 Å². The minimum atomic E-state index is -0.197. The zero-order chi connectivity index (χ0) is 12.4. The highest BCUT2D eigenvalue weighted by Gasteiger charge is 2.20. The van der Waals surface area contributed by atoms with Crippen LogP contribution in [0.4, 0.5) is 4.39 Å². The van der Waals surface area contributed by atoms with Gasteiger partial charge >= 0.3 is 0 Å². The Kier molecular flexibility index (Phi) is 3.58. The summed E-state index contributed by atoms with van der Waals surface area (Å²) < 4.78 is 14.4. The van der Waals surface area contributed by atoms with E-state index in [1.807, 2.05) is 6.07 Å². The second-order valence-electron chi connectivity index (χ2n) is 4.26. The normalized spacial score (nSPS) is 14.9. The molecule has 3 nitrogen and oxygen atoms in total. The van der Waals surface area contributed by atoms with Crippen molar-refractivity contribution in [2.45, 2.75) is 34.7 Å². The fraction of sp³-hybridized carbons (Fsp3) is 0.333. The Hall–Kier alpha value is -0.980. The molecule has 1 aromatic carbocycles. The molecule has 0 saturated heterocycles. The summed E-state index contributed by atoms with van der Waals surface area (Å²) in [5.41, 5.74) is 2.66. The molecule has 0 spiro atoms. The summed E-state index contributed by atoms with van der Waals surface area (Å²) in [5.74, 6) is -0.197. The van der Waals surface area contributed by atoms with Gasteiger partial charge in [0.05, 0.1) is 0 Å². The zero-order valence-corrected chi connectivity index (χ0v) is 11.2. The topological polar surface area (TPSA) is 37.8 Å². The van der Waals surface area contributed by atoms with Crippen molar-refractivity contribution in [3.63, 3.8) is 0 Å². The van der Waals surface area contributed by atoms with Crippen molar-refractivity contribution in [1.29, 1.82) is 0 Å². The summed E-state index contributed by atoms with van der Waals surface area (Å²) in [7, 11) is 0. The van der Waals surface area contributed by atoms with Crippen LogP contribution in [0.3, 0.4) is 0 Å². The maximum absolute atomic E-state index is 13.5. The maximum atomic E-state index is 13.5. The second-order valence-corrected chi connectivity index (χ2v) is 6.41. The van der Waals surface area contributed by atoms with Crippen LogP contribution in [-0.4, -0.2) is 16.2 Å². The molecular weight excluding hydrogens is 269 g/mol. The molecule has 1 aliphatic rings. The molecule has 0 amide bonds. The highest BCUT2D eigenvalue weighted by Crippen LogP contribution is 2.30. The van der Waals surface area contributed by atoms with Crippen LogP contribution in [0.25, 0.3) is 0 Å². The third-order valence-corrected chi connectivity index (χ3v) is 4.40. The lowest BCUT2D eigenvalue weighted by Crippen LogP contribution is -2.15. The first-order valence-corrected chi connectivity index (χ1v) is 7.46. The molecule has 0 atom stereocenters. The molecule has 0 bridgehead atoms. The van der Waals surface area contributed by atoms with Crippen LogP contribution >= 0.6 is 23.1 Å². The van der Waals surface area contributed by atoms with Crippen molar-refractivity contribution in [3.8, 4) is 0 Å². The molecule has 3 rings (SSSR count). The van der Waals surface area contributed by atoms with Crippen molar-refractivity contribution >= 4 is 23.1 Å². The van der Waals surface area contributed by atoms with Crippen molar-refractivity contribution < 1.29 is 4.39 Å². The Labute approximate surface area is 113 Å². The molecule has 1 fully saturated rings. The molecule has 1 aromatic heterocycles. The van der Waals surface area contributed by atoms with E-state index in [2.05, 4.69) is 15.5 Å². The third kappa shape index (κ3) is 3.28. The fourth-order valence-electron chi connectivity index (χ4n) is 1.64. The van der Waals surface area contributed by atoms with E-state index in [1.54, 1.807) is 11.6 Å². The highest BCUT2D eigenvalue weighted by atomic mass is 32.2. The first kappa shape index (κ1) is 12.1. The van der Waals surface area contributed by atoms with Crippen LogP contribution in [0.15, 0.2) is 32.9 Å². The quantitative estimate of drug-likeness (QED) is 0.914. The molecule has 1 aliphatic carbocycles. The number of nitrogens with zero attached hydrogens (tertiary/aromatic N) is 2. The van der Waals surface area contributed by atoms with Gasteiger partial charge in [-0.2, -0.15) is 0 Å². The Balaban J connectivity index is 1.72. The van der Waals surface area contributed by atoms with Crippen LogP contribution in [0.2, 0.25) is 0 Å². The first-order valence-electron chi connectivity index (χ1n) is 5.76. The van der Waals surface area contributed by atoms with Crippen LogP contribution in [-0.2, 0) is 6.54 Å². The molecule has 0 aliphatic heterocycles. The van der Waals surface area contributed by atoms with Gasteiger partial charge in [-0.15, -0.1) is 10.2 Å². The van der Waals surface area contributed by atoms with Gasteiger partial charge in [0.1, 0.15) is 11.3 Å². The van der Waals surface area contributed by atoms with Gasteiger partial charge in [-0.1, -0.05) is 23.1 Å². The van der Waals surface area contributed by atoms with E-state index < -0.39 is 0 Å². The van der Waals surface area contributed by atoms with Crippen LogP contribution in [0, 0.1) is 5.82 Å². The summed E-state index contributed by atoms with van der Waals surface area (Å²) in [6.07, 6.45) is 2.48. The SMILES string of the molecule is Fc1cc(CNC2CC2)cc(Sc2nncs2)c1. The lowest BCUT2D eigenvalue weighted by molar-refractivity contribution is 0.615. The Morgan fingerprint density at radius 3 is 3.00 bits per heavy atom. The van der Waals surface area contributed by atoms with Gasteiger partial charge in [0, 0.05) is 17.5 Å². The molecular formula is C12H12FN3S2. The molecule has 1 saturated carbocycles. The monoisotopic (exact) mass is 281 g/mol. The zero-order valence-electron chi connectivity index (χ0n) is 9.60. The molecule has 1 heterocycles. The molecule has 1 N–H and O–H groups in total. The van der Waals surface area contributed by atoms with Crippen molar-refractivity contribution in [1.82, 2.24) is 15.5 Å². The van der Waals surface area contributed by atoms with E-state index in [4.69, 9.17) is 0 Å². The summed E-state index contributed by atoms with van der Waals surface area (Å²) in [5, 5.41) is 11.1. The van der Waals surface area contributed by atoms with Gasteiger partial charge in [0.2, 0.25) is 0 Å². The molecule has 2 aromatic rings. The maximum Gasteiger partial charge on any atom is 0.178 e. The molecule has 18 heavy (non-hydrogen) atoms. The molecule has 6 heteroatoms. The third-order valence-electron chi connectivity index (χ3n) is 2.65. The minimum absolute atomic E-state index is 0.197. The van der Waals surface area contributed by atoms with Gasteiger partial charge in [-0.25, -0.2) is 4.39 Å². The Morgan fingerprint density at radius 2 is 2.28 bits per heavy atom. The second kappa shape index (κ2) is 5.34. The number of halogens is 1. The number of aromatic nitrogens is 2. The fourth-order valence-corrected chi connectivity index (χ4v) is 3.20. The predicted molar refractivity (Wildman–Crippen MR) is 70.3 cm³/mol.